The van der Waals surface area contributed by atoms with Crippen molar-refractivity contribution >= 4 is 23.2 Å². The third-order valence-corrected chi connectivity index (χ3v) is 1.92. The number of rotatable bonds is 2. The first kappa shape index (κ1) is 10.2. The van der Waals surface area contributed by atoms with Crippen LogP contribution in [0, 0.1) is 11.3 Å². The zero-order chi connectivity index (χ0) is 9.84. The number of hydrogen-bond acceptors (Lipinski definition) is 2. The average molecular weight is 216 g/mol. The second-order valence-electron chi connectivity index (χ2n) is 2.31. The molecule has 1 aromatic rings. The first-order valence-corrected chi connectivity index (χ1v) is 4.46. The van der Waals surface area contributed by atoms with Crippen molar-refractivity contribution in [2.75, 3.05) is 6.61 Å². The topological polar surface area (TPSA) is 33.0 Å². The van der Waals surface area contributed by atoms with E-state index in [2.05, 4.69) is 0 Å². The molecule has 0 amide bonds. The first-order chi connectivity index (χ1) is 6.19. The number of halogens is 2. The molecule has 0 aliphatic heterocycles. The molecular formula is C9H7Cl2NO. The standard InChI is InChI=1S/C9H7Cl2NO/c1-2-13-9-6(5-12)3-7(10)4-8(9)11/h3-4H,2H2,1H3. The molecule has 0 fully saturated rings. The van der Waals surface area contributed by atoms with Crippen LogP contribution in [0.2, 0.25) is 10.0 Å². The maximum atomic E-state index is 8.75. The molecule has 0 radical (unpaired) electrons. The Hall–Kier alpha value is -0.910. The van der Waals surface area contributed by atoms with Crippen molar-refractivity contribution in [3.63, 3.8) is 0 Å². The Morgan fingerprint density at radius 1 is 1.46 bits per heavy atom. The molecule has 0 saturated heterocycles. The zero-order valence-corrected chi connectivity index (χ0v) is 8.49. The van der Waals surface area contributed by atoms with Crippen LogP contribution in [0.25, 0.3) is 0 Å². The second-order valence-corrected chi connectivity index (χ2v) is 3.15. The summed E-state index contributed by atoms with van der Waals surface area (Å²) < 4.78 is 5.20. The van der Waals surface area contributed by atoms with E-state index in [-0.39, 0.29) is 0 Å². The molecule has 13 heavy (non-hydrogen) atoms. The minimum absolute atomic E-state index is 0.361. The van der Waals surface area contributed by atoms with Gasteiger partial charge in [-0.25, -0.2) is 0 Å². The van der Waals surface area contributed by atoms with Gasteiger partial charge in [0.2, 0.25) is 0 Å². The van der Waals surface area contributed by atoms with E-state index in [0.717, 1.165) is 0 Å². The highest BCUT2D eigenvalue weighted by Gasteiger charge is 2.09. The van der Waals surface area contributed by atoms with E-state index in [1.54, 1.807) is 6.07 Å². The summed E-state index contributed by atoms with van der Waals surface area (Å²) in [5.74, 6) is 0.399. The van der Waals surface area contributed by atoms with Crippen molar-refractivity contribution in [2.24, 2.45) is 0 Å². The van der Waals surface area contributed by atoms with E-state index in [9.17, 15) is 0 Å². The fraction of sp³-hybridized carbons (Fsp3) is 0.222. The lowest BCUT2D eigenvalue weighted by Gasteiger charge is -2.07. The third-order valence-electron chi connectivity index (χ3n) is 1.42. The average Bonchev–Trinajstić information content (AvgIpc) is 2.09. The van der Waals surface area contributed by atoms with Crippen LogP contribution in [0.3, 0.4) is 0 Å². The molecule has 68 valence electrons. The van der Waals surface area contributed by atoms with Gasteiger partial charge in [-0.2, -0.15) is 5.26 Å². The van der Waals surface area contributed by atoms with Gasteiger partial charge in [-0.1, -0.05) is 23.2 Å². The van der Waals surface area contributed by atoms with E-state index >= 15 is 0 Å². The molecule has 0 bridgehead atoms. The van der Waals surface area contributed by atoms with Crippen LogP contribution in [0.4, 0.5) is 0 Å². The Labute approximate surface area is 86.6 Å². The zero-order valence-electron chi connectivity index (χ0n) is 6.97. The number of nitriles is 1. The van der Waals surface area contributed by atoms with Gasteiger partial charge < -0.3 is 4.74 Å². The Kier molecular flexibility index (Phi) is 3.41. The van der Waals surface area contributed by atoms with E-state index in [0.29, 0.717) is 28.0 Å². The lowest BCUT2D eigenvalue weighted by molar-refractivity contribution is 0.339. The first-order valence-electron chi connectivity index (χ1n) is 3.71. The molecule has 0 heterocycles. The summed E-state index contributed by atoms with van der Waals surface area (Å²) in [4.78, 5) is 0. The predicted octanol–water partition coefficient (Wildman–Crippen LogP) is 3.26. The highest BCUT2D eigenvalue weighted by molar-refractivity contribution is 6.35. The summed E-state index contributed by atoms with van der Waals surface area (Å²) in [5, 5.41) is 9.55. The van der Waals surface area contributed by atoms with Gasteiger partial charge in [0.05, 0.1) is 17.2 Å². The van der Waals surface area contributed by atoms with Crippen molar-refractivity contribution in [3.05, 3.63) is 27.7 Å². The fourth-order valence-corrected chi connectivity index (χ4v) is 1.48. The number of nitrogens with zero attached hydrogens (tertiary/aromatic N) is 1. The molecule has 0 aliphatic carbocycles. The van der Waals surface area contributed by atoms with Crippen LogP contribution in [0.1, 0.15) is 12.5 Å². The van der Waals surface area contributed by atoms with Gasteiger partial charge in [0, 0.05) is 5.02 Å². The van der Waals surface area contributed by atoms with E-state index in [1.807, 2.05) is 13.0 Å². The monoisotopic (exact) mass is 215 g/mol. The second kappa shape index (κ2) is 4.36. The van der Waals surface area contributed by atoms with E-state index in [4.69, 9.17) is 33.2 Å². The van der Waals surface area contributed by atoms with Gasteiger partial charge in [0.25, 0.3) is 0 Å². The number of benzene rings is 1. The van der Waals surface area contributed by atoms with E-state index in [1.165, 1.54) is 6.07 Å². The molecule has 4 heteroatoms. The van der Waals surface area contributed by atoms with Crippen molar-refractivity contribution in [2.45, 2.75) is 6.92 Å². The number of ether oxygens (including phenoxy) is 1. The van der Waals surface area contributed by atoms with Crippen molar-refractivity contribution in [1.29, 1.82) is 5.26 Å². The van der Waals surface area contributed by atoms with Crippen LogP contribution < -0.4 is 4.74 Å². The SMILES string of the molecule is CCOc1c(Cl)cc(Cl)cc1C#N. The molecule has 0 atom stereocenters. The summed E-state index contributed by atoms with van der Waals surface area (Å²) in [6.45, 7) is 2.29. The van der Waals surface area contributed by atoms with Gasteiger partial charge in [-0.05, 0) is 19.1 Å². The van der Waals surface area contributed by atoms with Crippen LogP contribution in [0.5, 0.6) is 5.75 Å². The van der Waals surface area contributed by atoms with Crippen LogP contribution in [-0.2, 0) is 0 Å². The summed E-state index contributed by atoms with van der Waals surface area (Å²) in [6.07, 6.45) is 0. The number of hydrogen-bond donors (Lipinski definition) is 0. The Balaban J connectivity index is 3.23. The smallest absolute Gasteiger partial charge is 0.155 e. The molecule has 0 spiro atoms. The molecule has 0 aromatic heterocycles. The largest absolute Gasteiger partial charge is 0.491 e. The molecule has 0 aliphatic rings. The molecule has 1 aromatic carbocycles. The Bertz CT molecular complexity index is 357. The Morgan fingerprint density at radius 2 is 2.15 bits per heavy atom. The predicted molar refractivity (Wildman–Crippen MR) is 52.3 cm³/mol. The lowest BCUT2D eigenvalue weighted by Crippen LogP contribution is -1.95. The molecule has 0 N–H and O–H groups in total. The summed E-state index contributed by atoms with van der Waals surface area (Å²) in [6, 6.07) is 5.04. The van der Waals surface area contributed by atoms with Crippen LogP contribution in [-0.4, -0.2) is 6.61 Å². The molecule has 2 nitrogen and oxygen atoms in total. The van der Waals surface area contributed by atoms with Gasteiger partial charge in [-0.3, -0.25) is 0 Å². The van der Waals surface area contributed by atoms with Crippen LogP contribution >= 0.6 is 23.2 Å². The van der Waals surface area contributed by atoms with Crippen LogP contribution in [0.15, 0.2) is 12.1 Å². The fourth-order valence-electron chi connectivity index (χ4n) is 0.934. The van der Waals surface area contributed by atoms with Gasteiger partial charge in [-0.15, -0.1) is 0 Å². The van der Waals surface area contributed by atoms with Gasteiger partial charge in [0.1, 0.15) is 6.07 Å². The van der Waals surface area contributed by atoms with Crippen molar-refractivity contribution in [1.82, 2.24) is 0 Å². The summed E-state index contributed by atoms with van der Waals surface area (Å²) in [7, 11) is 0. The Morgan fingerprint density at radius 3 is 2.69 bits per heavy atom. The van der Waals surface area contributed by atoms with Crippen molar-refractivity contribution < 1.29 is 4.74 Å². The summed E-state index contributed by atoms with van der Waals surface area (Å²) in [5.41, 5.74) is 0.361. The van der Waals surface area contributed by atoms with Gasteiger partial charge >= 0.3 is 0 Å². The molecule has 0 saturated carbocycles. The maximum Gasteiger partial charge on any atom is 0.155 e. The highest BCUT2D eigenvalue weighted by atomic mass is 35.5. The highest BCUT2D eigenvalue weighted by Crippen LogP contribution is 2.31. The van der Waals surface area contributed by atoms with Gasteiger partial charge in [0.15, 0.2) is 5.75 Å². The quantitative estimate of drug-likeness (QED) is 0.759. The van der Waals surface area contributed by atoms with Crippen molar-refractivity contribution in [3.8, 4) is 11.8 Å². The minimum Gasteiger partial charge on any atom is -0.491 e. The summed E-state index contributed by atoms with van der Waals surface area (Å²) >= 11 is 11.5. The minimum atomic E-state index is 0.361. The third kappa shape index (κ3) is 2.27. The van der Waals surface area contributed by atoms with E-state index < -0.39 is 0 Å². The maximum absolute atomic E-state index is 8.75. The molecular weight excluding hydrogens is 209 g/mol. The normalized spacial score (nSPS) is 9.38. The molecule has 0 unspecified atom stereocenters. The molecule has 1 rings (SSSR count). The lowest BCUT2D eigenvalue weighted by atomic mass is 10.2.